The molecule has 0 unspecified atom stereocenters. The van der Waals surface area contributed by atoms with Crippen molar-refractivity contribution in [2.24, 2.45) is 0 Å². The summed E-state index contributed by atoms with van der Waals surface area (Å²) in [5.41, 5.74) is 3.78. The van der Waals surface area contributed by atoms with E-state index >= 15 is 0 Å². The molecule has 0 saturated carbocycles. The molecule has 2 heterocycles. The minimum atomic E-state index is -4.55. The minimum absolute atomic E-state index is 0.330. The number of rotatable bonds is 3. The smallest absolute Gasteiger partial charge is 0.422 e. The monoisotopic (exact) mass is 349 g/mol. The Hall–Kier alpha value is -3.03. The summed E-state index contributed by atoms with van der Waals surface area (Å²) in [5.74, 6) is 0. The SMILES string of the molecule is Cc1cccn2cc(-c3ccc(NC(=O)OCC(F)(F)F)cc3)nc12. The molecule has 0 atom stereocenters. The summed E-state index contributed by atoms with van der Waals surface area (Å²) >= 11 is 0. The van der Waals surface area contributed by atoms with Crippen LogP contribution in [0.1, 0.15) is 5.56 Å². The molecule has 130 valence electrons. The van der Waals surface area contributed by atoms with E-state index in [2.05, 4.69) is 15.0 Å². The lowest BCUT2D eigenvalue weighted by atomic mass is 10.1. The van der Waals surface area contributed by atoms with Gasteiger partial charge in [0.05, 0.1) is 5.69 Å². The lowest BCUT2D eigenvalue weighted by molar-refractivity contribution is -0.159. The number of aryl methyl sites for hydroxylation is 1. The highest BCUT2D eigenvalue weighted by Gasteiger charge is 2.29. The van der Waals surface area contributed by atoms with Crippen LogP contribution in [-0.2, 0) is 4.74 Å². The van der Waals surface area contributed by atoms with E-state index in [4.69, 9.17) is 0 Å². The van der Waals surface area contributed by atoms with Gasteiger partial charge in [0, 0.05) is 23.6 Å². The number of nitrogens with zero attached hydrogens (tertiary/aromatic N) is 2. The van der Waals surface area contributed by atoms with E-state index in [0.29, 0.717) is 5.69 Å². The average Bonchev–Trinajstić information content (AvgIpc) is 2.99. The van der Waals surface area contributed by atoms with E-state index in [-0.39, 0.29) is 0 Å². The van der Waals surface area contributed by atoms with Gasteiger partial charge in [0.15, 0.2) is 6.61 Å². The molecule has 0 spiro atoms. The average molecular weight is 349 g/mol. The predicted octanol–water partition coefficient (Wildman–Crippen LogP) is 4.42. The number of pyridine rings is 1. The van der Waals surface area contributed by atoms with Crippen LogP contribution in [0.15, 0.2) is 48.8 Å². The van der Waals surface area contributed by atoms with Crippen LogP contribution in [0.25, 0.3) is 16.9 Å². The number of aromatic nitrogens is 2. The van der Waals surface area contributed by atoms with Gasteiger partial charge in [-0.25, -0.2) is 9.78 Å². The Morgan fingerprint density at radius 3 is 2.60 bits per heavy atom. The fraction of sp³-hybridized carbons (Fsp3) is 0.176. The third-order valence-corrected chi connectivity index (χ3v) is 3.47. The first-order valence-electron chi connectivity index (χ1n) is 7.37. The molecule has 0 radical (unpaired) electrons. The van der Waals surface area contributed by atoms with Crippen molar-refractivity contribution in [2.75, 3.05) is 11.9 Å². The molecule has 25 heavy (non-hydrogen) atoms. The van der Waals surface area contributed by atoms with Gasteiger partial charge in [-0.15, -0.1) is 0 Å². The van der Waals surface area contributed by atoms with Crippen LogP contribution in [0.4, 0.5) is 23.7 Å². The number of carbonyl (C=O) groups is 1. The van der Waals surface area contributed by atoms with Crippen molar-refractivity contribution in [3.63, 3.8) is 0 Å². The van der Waals surface area contributed by atoms with Crippen LogP contribution in [-0.4, -0.2) is 28.3 Å². The summed E-state index contributed by atoms with van der Waals surface area (Å²) in [6.07, 6.45) is -1.94. The van der Waals surface area contributed by atoms with Gasteiger partial charge in [-0.1, -0.05) is 18.2 Å². The quantitative estimate of drug-likeness (QED) is 0.761. The van der Waals surface area contributed by atoms with E-state index in [0.717, 1.165) is 22.5 Å². The molecule has 0 bridgehead atoms. The summed E-state index contributed by atoms with van der Waals surface area (Å²) in [4.78, 5) is 15.9. The zero-order valence-electron chi connectivity index (χ0n) is 13.2. The zero-order chi connectivity index (χ0) is 18.0. The topological polar surface area (TPSA) is 55.6 Å². The van der Waals surface area contributed by atoms with Gasteiger partial charge >= 0.3 is 12.3 Å². The number of halogens is 3. The van der Waals surface area contributed by atoms with Crippen LogP contribution >= 0.6 is 0 Å². The lowest BCUT2D eigenvalue weighted by Gasteiger charge is -2.09. The Kier molecular flexibility index (Phi) is 4.35. The fourth-order valence-electron chi connectivity index (χ4n) is 2.32. The number of carbonyl (C=O) groups excluding carboxylic acids is 1. The zero-order valence-corrected chi connectivity index (χ0v) is 13.2. The number of hydrogen-bond acceptors (Lipinski definition) is 3. The van der Waals surface area contributed by atoms with Crippen LogP contribution in [0.2, 0.25) is 0 Å². The molecule has 8 heteroatoms. The molecule has 1 N–H and O–H groups in total. The van der Waals surface area contributed by atoms with Gasteiger partial charge in [0.1, 0.15) is 5.65 Å². The van der Waals surface area contributed by atoms with Crippen LogP contribution < -0.4 is 5.32 Å². The molecule has 0 saturated heterocycles. The fourth-order valence-corrected chi connectivity index (χ4v) is 2.32. The Labute approximate surface area is 141 Å². The Bertz CT molecular complexity index is 902. The second-order valence-electron chi connectivity index (χ2n) is 5.44. The van der Waals surface area contributed by atoms with Crippen molar-refractivity contribution in [3.8, 4) is 11.3 Å². The molecule has 3 aromatic rings. The number of benzene rings is 1. The van der Waals surface area contributed by atoms with Gasteiger partial charge in [-0.3, -0.25) is 5.32 Å². The normalized spacial score (nSPS) is 11.5. The van der Waals surface area contributed by atoms with Gasteiger partial charge < -0.3 is 9.14 Å². The first-order valence-corrected chi connectivity index (χ1v) is 7.37. The molecule has 1 aromatic carbocycles. The number of nitrogens with one attached hydrogen (secondary N) is 1. The minimum Gasteiger partial charge on any atom is -0.440 e. The van der Waals surface area contributed by atoms with Gasteiger partial charge in [0.2, 0.25) is 0 Å². The number of imidazole rings is 1. The number of amides is 1. The summed E-state index contributed by atoms with van der Waals surface area (Å²) in [5, 5.41) is 2.24. The summed E-state index contributed by atoms with van der Waals surface area (Å²) < 4.78 is 42.0. The molecular weight excluding hydrogens is 335 g/mol. The van der Waals surface area contributed by atoms with E-state index in [9.17, 15) is 18.0 Å². The lowest BCUT2D eigenvalue weighted by Crippen LogP contribution is -2.23. The van der Waals surface area contributed by atoms with Crippen LogP contribution in [0.5, 0.6) is 0 Å². The molecule has 2 aromatic heterocycles. The van der Waals surface area contributed by atoms with Gasteiger partial charge in [0.25, 0.3) is 0 Å². The second kappa shape index (κ2) is 6.46. The van der Waals surface area contributed by atoms with Gasteiger partial charge in [-0.05, 0) is 30.7 Å². The number of alkyl halides is 3. The van der Waals surface area contributed by atoms with Gasteiger partial charge in [-0.2, -0.15) is 13.2 Å². The molecule has 3 rings (SSSR count). The molecular formula is C17H14F3N3O2. The Morgan fingerprint density at radius 1 is 1.24 bits per heavy atom. The molecule has 0 aliphatic heterocycles. The first-order chi connectivity index (χ1) is 11.8. The van der Waals surface area contributed by atoms with E-state index in [1.807, 2.05) is 35.9 Å². The highest BCUT2D eigenvalue weighted by molar-refractivity contribution is 5.85. The van der Waals surface area contributed by atoms with Crippen molar-refractivity contribution in [1.29, 1.82) is 0 Å². The third kappa shape index (κ3) is 4.09. The Morgan fingerprint density at radius 2 is 1.96 bits per heavy atom. The molecule has 0 fully saturated rings. The third-order valence-electron chi connectivity index (χ3n) is 3.47. The van der Waals surface area contributed by atoms with E-state index in [1.165, 1.54) is 0 Å². The van der Waals surface area contributed by atoms with Crippen LogP contribution in [0.3, 0.4) is 0 Å². The Balaban J connectivity index is 1.71. The number of fused-ring (bicyclic) bond motifs is 1. The van der Waals surface area contributed by atoms with Crippen molar-refractivity contribution >= 4 is 17.4 Å². The van der Waals surface area contributed by atoms with E-state index in [1.54, 1.807) is 24.3 Å². The maximum Gasteiger partial charge on any atom is 0.422 e. The highest BCUT2D eigenvalue weighted by atomic mass is 19.4. The van der Waals surface area contributed by atoms with Crippen molar-refractivity contribution in [2.45, 2.75) is 13.1 Å². The number of anilines is 1. The first kappa shape index (κ1) is 16.8. The van der Waals surface area contributed by atoms with Crippen LogP contribution in [0, 0.1) is 6.92 Å². The maximum absolute atomic E-state index is 12.0. The summed E-state index contributed by atoms with van der Waals surface area (Å²) in [6, 6.07) is 10.5. The molecule has 0 aliphatic carbocycles. The molecule has 1 amide bonds. The second-order valence-corrected chi connectivity index (χ2v) is 5.44. The number of ether oxygens (including phenoxy) is 1. The highest BCUT2D eigenvalue weighted by Crippen LogP contribution is 2.22. The standard InChI is InChI=1S/C17H14F3N3O2/c1-11-3-2-8-23-9-14(22-15(11)23)12-4-6-13(7-5-12)21-16(24)25-10-17(18,19)20/h2-9H,10H2,1H3,(H,21,24). The largest absolute Gasteiger partial charge is 0.440 e. The van der Waals surface area contributed by atoms with E-state index < -0.39 is 18.9 Å². The van der Waals surface area contributed by atoms with Crippen molar-refractivity contribution < 1.29 is 22.7 Å². The summed E-state index contributed by atoms with van der Waals surface area (Å²) in [6.45, 7) is 0.337. The summed E-state index contributed by atoms with van der Waals surface area (Å²) in [7, 11) is 0. The predicted molar refractivity (Wildman–Crippen MR) is 86.4 cm³/mol. The maximum atomic E-state index is 12.0. The molecule has 0 aliphatic rings. The van der Waals surface area contributed by atoms with Crippen molar-refractivity contribution in [1.82, 2.24) is 9.38 Å². The number of hydrogen-bond donors (Lipinski definition) is 1. The van der Waals surface area contributed by atoms with Crippen molar-refractivity contribution in [3.05, 3.63) is 54.4 Å². The molecule has 5 nitrogen and oxygen atoms in total.